The molecule has 1 atom stereocenters. The van der Waals surface area contributed by atoms with Crippen LogP contribution in [0.3, 0.4) is 0 Å². The van der Waals surface area contributed by atoms with Gasteiger partial charge in [-0.15, -0.1) is 0 Å². The van der Waals surface area contributed by atoms with Crippen molar-refractivity contribution in [1.29, 1.82) is 0 Å². The summed E-state index contributed by atoms with van der Waals surface area (Å²) in [6, 6.07) is 6.39. The van der Waals surface area contributed by atoms with E-state index in [9.17, 15) is 4.79 Å². The molecule has 1 unspecified atom stereocenters. The number of nitrogens with one attached hydrogen (secondary N) is 1. The van der Waals surface area contributed by atoms with E-state index in [1.54, 1.807) is 6.20 Å². The molecule has 0 saturated carbocycles. The number of rotatable bonds is 6. The van der Waals surface area contributed by atoms with Gasteiger partial charge in [0.25, 0.3) is 0 Å². The predicted octanol–water partition coefficient (Wildman–Crippen LogP) is 2.75. The van der Waals surface area contributed by atoms with Gasteiger partial charge in [0.15, 0.2) is 0 Å². The zero-order valence-corrected chi connectivity index (χ0v) is 13.4. The summed E-state index contributed by atoms with van der Waals surface area (Å²) in [5, 5.41) is 6.73. The molecule has 0 spiro atoms. The van der Waals surface area contributed by atoms with Crippen LogP contribution in [-0.4, -0.2) is 38.6 Å². The van der Waals surface area contributed by atoms with E-state index in [1.165, 1.54) is 6.42 Å². The van der Waals surface area contributed by atoms with Gasteiger partial charge in [0, 0.05) is 37.1 Å². The van der Waals surface area contributed by atoms with Gasteiger partial charge in [-0.05, 0) is 56.2 Å². The number of carbonyl (C=O) groups is 1. The lowest BCUT2D eigenvalue weighted by atomic mass is 9.96. The highest BCUT2D eigenvalue weighted by Gasteiger charge is 2.26. The molecular weight excluding hydrogens is 288 g/mol. The van der Waals surface area contributed by atoms with Crippen molar-refractivity contribution < 1.29 is 4.79 Å². The van der Waals surface area contributed by atoms with Crippen molar-refractivity contribution in [2.24, 2.45) is 0 Å². The van der Waals surface area contributed by atoms with Crippen LogP contribution in [-0.2, 0) is 17.6 Å². The summed E-state index contributed by atoms with van der Waals surface area (Å²) in [5.41, 5.74) is 2.21. The Morgan fingerprint density at radius 1 is 1.30 bits per heavy atom. The number of aromatic nitrogens is 3. The summed E-state index contributed by atoms with van der Waals surface area (Å²) in [6.45, 7) is 0.900. The Kier molecular flexibility index (Phi) is 5.40. The standard InChI is InChI=1S/C18H24N4O/c23-18(10-7-15-13-20-21-14-15)22-12-4-2-6-17(22)9-8-16-5-1-3-11-19-16/h1,3,5,11,13-14,17H,2,4,6-10,12H2,(H,20,21). The fourth-order valence-corrected chi connectivity index (χ4v) is 3.30. The Bertz CT molecular complexity index is 597. The third kappa shape index (κ3) is 4.41. The molecule has 5 heteroatoms. The van der Waals surface area contributed by atoms with Gasteiger partial charge < -0.3 is 4.90 Å². The first kappa shape index (κ1) is 15.7. The van der Waals surface area contributed by atoms with Crippen LogP contribution in [0.2, 0.25) is 0 Å². The summed E-state index contributed by atoms with van der Waals surface area (Å²) in [5.74, 6) is 0.275. The highest BCUT2D eigenvalue weighted by Crippen LogP contribution is 2.22. The number of likely N-dealkylation sites (tertiary alicyclic amines) is 1. The van der Waals surface area contributed by atoms with Crippen molar-refractivity contribution in [2.45, 2.75) is 51.0 Å². The van der Waals surface area contributed by atoms with E-state index in [-0.39, 0.29) is 5.91 Å². The average Bonchev–Trinajstić information content (AvgIpc) is 3.12. The molecule has 1 N–H and O–H groups in total. The Morgan fingerprint density at radius 3 is 3.04 bits per heavy atom. The number of hydrogen-bond acceptors (Lipinski definition) is 3. The quantitative estimate of drug-likeness (QED) is 0.892. The van der Waals surface area contributed by atoms with Crippen LogP contribution in [0.4, 0.5) is 0 Å². The fraction of sp³-hybridized carbons (Fsp3) is 0.500. The molecule has 1 fully saturated rings. The van der Waals surface area contributed by atoms with Crippen LogP contribution in [0.15, 0.2) is 36.8 Å². The van der Waals surface area contributed by atoms with Crippen molar-refractivity contribution in [3.05, 3.63) is 48.0 Å². The zero-order chi connectivity index (χ0) is 15.9. The molecular formula is C18H24N4O. The lowest BCUT2D eigenvalue weighted by molar-refractivity contribution is -0.135. The molecule has 3 heterocycles. The van der Waals surface area contributed by atoms with E-state index >= 15 is 0 Å². The van der Waals surface area contributed by atoms with E-state index in [0.29, 0.717) is 12.5 Å². The summed E-state index contributed by atoms with van der Waals surface area (Å²) in [6.07, 6.45) is 12.2. The molecule has 1 aliphatic heterocycles. The second-order valence-corrected chi connectivity index (χ2v) is 6.20. The molecule has 0 bridgehead atoms. The van der Waals surface area contributed by atoms with Crippen LogP contribution in [0.1, 0.15) is 43.4 Å². The number of H-pyrrole nitrogens is 1. The monoisotopic (exact) mass is 312 g/mol. The van der Waals surface area contributed by atoms with Crippen molar-refractivity contribution in [3.63, 3.8) is 0 Å². The van der Waals surface area contributed by atoms with Crippen molar-refractivity contribution in [1.82, 2.24) is 20.1 Å². The SMILES string of the molecule is O=C(CCc1cn[nH]c1)N1CCCCC1CCc1ccccn1. The number of nitrogens with zero attached hydrogens (tertiary/aromatic N) is 3. The summed E-state index contributed by atoms with van der Waals surface area (Å²) < 4.78 is 0. The van der Waals surface area contributed by atoms with Crippen LogP contribution in [0, 0.1) is 0 Å². The van der Waals surface area contributed by atoms with Gasteiger partial charge in [-0.25, -0.2) is 0 Å². The number of aromatic amines is 1. The Labute approximate surface area is 137 Å². The second-order valence-electron chi connectivity index (χ2n) is 6.20. The van der Waals surface area contributed by atoms with Gasteiger partial charge in [-0.1, -0.05) is 6.07 Å². The molecule has 0 radical (unpaired) electrons. The van der Waals surface area contributed by atoms with Crippen molar-refractivity contribution >= 4 is 5.91 Å². The molecule has 3 rings (SSSR count). The first-order chi connectivity index (χ1) is 11.3. The minimum Gasteiger partial charge on any atom is -0.340 e. The topological polar surface area (TPSA) is 61.9 Å². The van der Waals surface area contributed by atoms with Gasteiger partial charge in [0.05, 0.1) is 6.20 Å². The van der Waals surface area contributed by atoms with Gasteiger partial charge in [0.1, 0.15) is 0 Å². The summed E-state index contributed by atoms with van der Waals surface area (Å²) >= 11 is 0. The maximum absolute atomic E-state index is 12.6. The van der Waals surface area contributed by atoms with Gasteiger partial charge >= 0.3 is 0 Å². The van der Waals surface area contributed by atoms with Crippen LogP contribution in [0.25, 0.3) is 0 Å². The van der Waals surface area contributed by atoms with E-state index < -0.39 is 0 Å². The van der Waals surface area contributed by atoms with Crippen molar-refractivity contribution in [3.8, 4) is 0 Å². The number of carbonyl (C=O) groups excluding carboxylic acids is 1. The Morgan fingerprint density at radius 2 is 2.26 bits per heavy atom. The first-order valence-electron chi connectivity index (χ1n) is 8.50. The molecule has 1 aliphatic rings. The molecule has 122 valence electrons. The molecule has 5 nitrogen and oxygen atoms in total. The van der Waals surface area contributed by atoms with Crippen LogP contribution in [0.5, 0.6) is 0 Å². The molecule has 1 saturated heterocycles. The minimum atomic E-state index is 0.275. The van der Waals surface area contributed by atoms with Crippen LogP contribution >= 0.6 is 0 Å². The number of pyridine rings is 1. The maximum atomic E-state index is 12.6. The van der Waals surface area contributed by atoms with Gasteiger partial charge in [-0.2, -0.15) is 5.10 Å². The molecule has 23 heavy (non-hydrogen) atoms. The highest BCUT2D eigenvalue weighted by molar-refractivity contribution is 5.76. The summed E-state index contributed by atoms with van der Waals surface area (Å²) in [4.78, 5) is 19.1. The van der Waals surface area contributed by atoms with E-state index in [0.717, 1.165) is 49.9 Å². The van der Waals surface area contributed by atoms with Crippen LogP contribution < -0.4 is 0 Å². The highest BCUT2D eigenvalue weighted by atomic mass is 16.2. The smallest absolute Gasteiger partial charge is 0.223 e. The maximum Gasteiger partial charge on any atom is 0.223 e. The number of aryl methyl sites for hydroxylation is 2. The molecule has 2 aromatic rings. The molecule has 1 amide bonds. The minimum absolute atomic E-state index is 0.275. The van der Waals surface area contributed by atoms with Gasteiger partial charge in [-0.3, -0.25) is 14.9 Å². The summed E-state index contributed by atoms with van der Waals surface area (Å²) in [7, 11) is 0. The van der Waals surface area contributed by atoms with E-state index in [2.05, 4.69) is 26.1 Å². The molecule has 0 aromatic carbocycles. The lowest BCUT2D eigenvalue weighted by Gasteiger charge is -2.36. The lowest BCUT2D eigenvalue weighted by Crippen LogP contribution is -2.44. The number of hydrogen-bond donors (Lipinski definition) is 1. The third-order valence-corrected chi connectivity index (χ3v) is 4.59. The Hall–Kier alpha value is -2.17. The Balaban J connectivity index is 1.53. The number of amides is 1. The third-order valence-electron chi connectivity index (χ3n) is 4.59. The average molecular weight is 312 g/mol. The van der Waals surface area contributed by atoms with E-state index in [4.69, 9.17) is 0 Å². The largest absolute Gasteiger partial charge is 0.340 e. The predicted molar refractivity (Wildman–Crippen MR) is 88.8 cm³/mol. The van der Waals surface area contributed by atoms with Crippen molar-refractivity contribution in [2.75, 3.05) is 6.54 Å². The van der Waals surface area contributed by atoms with E-state index in [1.807, 2.05) is 24.5 Å². The zero-order valence-electron chi connectivity index (χ0n) is 13.4. The van der Waals surface area contributed by atoms with Gasteiger partial charge in [0.2, 0.25) is 5.91 Å². The fourth-order valence-electron chi connectivity index (χ4n) is 3.30. The normalized spacial score (nSPS) is 18.1. The number of piperidine rings is 1. The first-order valence-corrected chi connectivity index (χ1v) is 8.50. The molecule has 2 aromatic heterocycles. The second kappa shape index (κ2) is 7.90. The molecule has 0 aliphatic carbocycles.